The number of aryl methyl sites for hydroxylation is 1. The summed E-state index contributed by atoms with van der Waals surface area (Å²) in [6, 6.07) is 12.0. The van der Waals surface area contributed by atoms with E-state index >= 15 is 0 Å². The zero-order chi connectivity index (χ0) is 25.6. The second-order valence-corrected chi connectivity index (χ2v) is 9.73. The first-order valence-corrected chi connectivity index (χ1v) is 12.1. The van der Waals surface area contributed by atoms with Gasteiger partial charge in [-0.2, -0.15) is 13.2 Å². The minimum absolute atomic E-state index is 0.0368. The Labute approximate surface area is 205 Å². The highest BCUT2D eigenvalue weighted by molar-refractivity contribution is 5.98. The van der Waals surface area contributed by atoms with Crippen molar-refractivity contribution in [3.8, 4) is 0 Å². The Balaban J connectivity index is 1.54. The van der Waals surface area contributed by atoms with Crippen LogP contribution in [0.1, 0.15) is 60.2 Å². The molecule has 0 radical (unpaired) electrons. The molecule has 35 heavy (non-hydrogen) atoms. The van der Waals surface area contributed by atoms with E-state index in [1.54, 1.807) is 18.2 Å². The van der Waals surface area contributed by atoms with Crippen LogP contribution < -0.4 is 10.6 Å². The molecule has 190 valence electrons. The average molecular weight is 490 g/mol. The van der Waals surface area contributed by atoms with Gasteiger partial charge >= 0.3 is 6.18 Å². The van der Waals surface area contributed by atoms with Gasteiger partial charge in [0.05, 0.1) is 5.56 Å². The van der Waals surface area contributed by atoms with Crippen LogP contribution in [0.3, 0.4) is 0 Å². The fourth-order valence-electron chi connectivity index (χ4n) is 4.41. The van der Waals surface area contributed by atoms with Crippen LogP contribution in [0.15, 0.2) is 48.5 Å². The molecule has 0 spiro atoms. The molecule has 1 atom stereocenters. The molecule has 0 aromatic heterocycles. The first-order chi connectivity index (χ1) is 16.5. The number of hydrogen-bond acceptors (Lipinski definition) is 3. The van der Waals surface area contributed by atoms with Gasteiger partial charge in [0.15, 0.2) is 0 Å². The number of hydrogen-bond donors (Lipinski definition) is 2. The molecular formula is C27H34F3N3O2. The van der Waals surface area contributed by atoms with Crippen molar-refractivity contribution in [1.29, 1.82) is 0 Å². The van der Waals surface area contributed by atoms with Gasteiger partial charge in [-0.3, -0.25) is 14.5 Å². The van der Waals surface area contributed by atoms with Crippen LogP contribution in [0.4, 0.5) is 13.2 Å². The molecular weight excluding hydrogens is 455 g/mol. The quantitative estimate of drug-likeness (QED) is 0.552. The third-order valence-corrected chi connectivity index (χ3v) is 6.31. The van der Waals surface area contributed by atoms with Gasteiger partial charge in [0.2, 0.25) is 5.91 Å². The molecule has 8 heteroatoms. The van der Waals surface area contributed by atoms with Crippen LogP contribution in [-0.4, -0.2) is 41.9 Å². The van der Waals surface area contributed by atoms with Gasteiger partial charge in [-0.1, -0.05) is 50.2 Å². The molecule has 0 bridgehead atoms. The second-order valence-electron chi connectivity index (χ2n) is 9.73. The normalized spacial score (nSPS) is 16.2. The number of nitrogens with zero attached hydrogens (tertiary/aromatic N) is 1. The first kappa shape index (κ1) is 26.7. The van der Waals surface area contributed by atoms with Gasteiger partial charge in [0.25, 0.3) is 5.91 Å². The lowest BCUT2D eigenvalue weighted by atomic mass is 9.99. The van der Waals surface area contributed by atoms with E-state index in [1.807, 2.05) is 32.9 Å². The number of rotatable bonds is 8. The van der Waals surface area contributed by atoms with Crippen LogP contribution >= 0.6 is 0 Å². The van der Waals surface area contributed by atoms with Gasteiger partial charge in [0, 0.05) is 31.2 Å². The third-order valence-electron chi connectivity index (χ3n) is 6.31. The average Bonchev–Trinajstić information content (AvgIpc) is 2.79. The Morgan fingerprint density at radius 3 is 2.37 bits per heavy atom. The SMILES string of the molecule is Cc1ccccc1C(=O)NC(CC(C)C)C(=O)NC1CCN(Cc2cccc(C(F)(F)F)c2)CC1. The summed E-state index contributed by atoms with van der Waals surface area (Å²) in [6.07, 6.45) is -2.43. The van der Waals surface area contributed by atoms with Crippen molar-refractivity contribution < 1.29 is 22.8 Å². The molecule has 1 aliphatic heterocycles. The summed E-state index contributed by atoms with van der Waals surface area (Å²) in [4.78, 5) is 27.9. The number of likely N-dealkylation sites (tertiary alicyclic amines) is 1. The molecule has 5 nitrogen and oxygen atoms in total. The molecule has 2 aromatic carbocycles. The minimum Gasteiger partial charge on any atom is -0.351 e. The molecule has 3 rings (SSSR count). The number of carbonyl (C=O) groups excluding carboxylic acids is 2. The molecule has 1 heterocycles. The van der Waals surface area contributed by atoms with E-state index in [0.29, 0.717) is 50.0 Å². The topological polar surface area (TPSA) is 61.4 Å². The van der Waals surface area contributed by atoms with Crippen molar-refractivity contribution in [2.45, 2.75) is 64.8 Å². The highest BCUT2D eigenvalue weighted by Crippen LogP contribution is 2.30. The number of halogens is 3. The predicted octanol–water partition coefficient (Wildman–Crippen LogP) is 4.94. The van der Waals surface area contributed by atoms with E-state index in [0.717, 1.165) is 11.6 Å². The maximum absolute atomic E-state index is 13.1. The number of piperidine rings is 1. The summed E-state index contributed by atoms with van der Waals surface area (Å²) in [5.74, 6) is -0.242. The molecule has 1 aliphatic rings. The Morgan fingerprint density at radius 2 is 1.74 bits per heavy atom. The van der Waals surface area contributed by atoms with Gasteiger partial charge in [-0.05, 0) is 55.4 Å². The summed E-state index contributed by atoms with van der Waals surface area (Å²) >= 11 is 0. The van der Waals surface area contributed by atoms with Gasteiger partial charge in [-0.25, -0.2) is 0 Å². The molecule has 2 amide bonds. The summed E-state index contributed by atoms with van der Waals surface area (Å²) in [5.41, 5.74) is 1.39. The standard InChI is InChI=1S/C27H34F3N3O2/c1-18(2)15-24(32-25(34)23-10-5-4-7-19(23)3)26(35)31-22-11-13-33(14-12-22)17-20-8-6-9-21(16-20)27(28,29)30/h4-10,16,18,22,24H,11-15,17H2,1-3H3,(H,31,35)(H,32,34). The van der Waals surface area contributed by atoms with E-state index in [1.165, 1.54) is 12.1 Å². The van der Waals surface area contributed by atoms with Crippen LogP contribution in [0.5, 0.6) is 0 Å². The summed E-state index contributed by atoms with van der Waals surface area (Å²) in [5, 5.41) is 5.98. The van der Waals surface area contributed by atoms with Crippen LogP contribution in [0, 0.1) is 12.8 Å². The maximum Gasteiger partial charge on any atom is 0.416 e. The van der Waals surface area contributed by atoms with Gasteiger partial charge in [0.1, 0.15) is 6.04 Å². The number of benzene rings is 2. The maximum atomic E-state index is 13.1. The minimum atomic E-state index is -4.35. The van der Waals surface area contributed by atoms with E-state index in [-0.39, 0.29) is 23.8 Å². The van der Waals surface area contributed by atoms with Crippen molar-refractivity contribution >= 4 is 11.8 Å². The largest absolute Gasteiger partial charge is 0.416 e. The molecule has 2 aromatic rings. The van der Waals surface area contributed by atoms with E-state index < -0.39 is 17.8 Å². The zero-order valence-corrected chi connectivity index (χ0v) is 20.5. The predicted molar refractivity (Wildman–Crippen MR) is 130 cm³/mol. The number of nitrogens with one attached hydrogen (secondary N) is 2. The molecule has 0 saturated carbocycles. The molecule has 1 saturated heterocycles. The fourth-order valence-corrected chi connectivity index (χ4v) is 4.41. The Morgan fingerprint density at radius 1 is 1.06 bits per heavy atom. The Hall–Kier alpha value is -2.87. The third kappa shape index (κ3) is 7.82. The molecule has 1 unspecified atom stereocenters. The Kier molecular flexibility index (Phi) is 8.94. The lowest BCUT2D eigenvalue weighted by Gasteiger charge is -2.33. The van der Waals surface area contributed by atoms with E-state index in [9.17, 15) is 22.8 Å². The van der Waals surface area contributed by atoms with Gasteiger partial charge in [-0.15, -0.1) is 0 Å². The smallest absolute Gasteiger partial charge is 0.351 e. The van der Waals surface area contributed by atoms with Crippen LogP contribution in [-0.2, 0) is 17.5 Å². The molecule has 0 aliphatic carbocycles. The van der Waals surface area contributed by atoms with Crippen LogP contribution in [0.25, 0.3) is 0 Å². The number of carbonyl (C=O) groups is 2. The van der Waals surface area contributed by atoms with E-state index in [4.69, 9.17) is 0 Å². The summed E-state index contributed by atoms with van der Waals surface area (Å²) < 4.78 is 38.9. The second kappa shape index (κ2) is 11.7. The molecule has 2 N–H and O–H groups in total. The highest BCUT2D eigenvalue weighted by Gasteiger charge is 2.31. The summed E-state index contributed by atoms with van der Waals surface area (Å²) in [6.45, 7) is 7.66. The van der Waals surface area contributed by atoms with Crippen molar-refractivity contribution in [1.82, 2.24) is 15.5 Å². The lowest BCUT2D eigenvalue weighted by molar-refractivity contribution is -0.137. The molecule has 1 fully saturated rings. The lowest BCUT2D eigenvalue weighted by Crippen LogP contribution is -2.52. The van der Waals surface area contributed by atoms with Crippen LogP contribution in [0.2, 0.25) is 0 Å². The highest BCUT2D eigenvalue weighted by atomic mass is 19.4. The summed E-state index contributed by atoms with van der Waals surface area (Å²) in [7, 11) is 0. The van der Waals surface area contributed by atoms with E-state index in [2.05, 4.69) is 15.5 Å². The number of alkyl halides is 3. The van der Waals surface area contributed by atoms with Crippen molar-refractivity contribution in [2.75, 3.05) is 13.1 Å². The first-order valence-electron chi connectivity index (χ1n) is 12.1. The monoisotopic (exact) mass is 489 g/mol. The fraction of sp³-hybridized carbons (Fsp3) is 0.481. The van der Waals surface area contributed by atoms with Crippen molar-refractivity contribution in [2.24, 2.45) is 5.92 Å². The number of amides is 2. The zero-order valence-electron chi connectivity index (χ0n) is 20.5. The van der Waals surface area contributed by atoms with Crippen molar-refractivity contribution in [3.05, 3.63) is 70.8 Å². The van der Waals surface area contributed by atoms with Crippen molar-refractivity contribution in [3.63, 3.8) is 0 Å². The van der Waals surface area contributed by atoms with Gasteiger partial charge < -0.3 is 10.6 Å². The Bertz CT molecular complexity index is 1010.